The monoisotopic (exact) mass is 443 g/mol. The Balaban J connectivity index is 2.30. The first-order chi connectivity index (χ1) is 8.08. The Kier molecular flexibility index (Phi) is 4.46. The van der Waals surface area contributed by atoms with Gasteiger partial charge >= 0.3 is 0 Å². The molecule has 0 atom stereocenters. The van der Waals surface area contributed by atoms with E-state index in [4.69, 9.17) is 23.2 Å². The molecule has 2 aromatic rings. The van der Waals surface area contributed by atoms with Crippen molar-refractivity contribution in [3.8, 4) is 0 Å². The fourth-order valence-corrected chi connectivity index (χ4v) is 2.22. The molecule has 0 fully saturated rings. The highest BCUT2D eigenvalue weighted by Gasteiger charge is 2.09. The smallest absolute Gasteiger partial charge is 0.227 e. The van der Waals surface area contributed by atoms with Gasteiger partial charge in [-0.3, -0.25) is 0 Å². The van der Waals surface area contributed by atoms with Crippen LogP contribution in [0, 0.1) is 3.57 Å². The number of aromatic nitrogens is 2. The average Bonchev–Trinajstić information content (AvgIpc) is 2.33. The molecule has 1 aromatic heterocycles. The van der Waals surface area contributed by atoms with Crippen molar-refractivity contribution >= 4 is 73.4 Å². The Labute approximate surface area is 130 Å². The van der Waals surface area contributed by atoms with Crippen LogP contribution in [0.25, 0.3) is 0 Å². The standard InChI is InChI=1S/C10H5BrCl2IN3/c11-6-1-2-7(9(13)8(6)12)17-10-15-3-5(14)4-16-10/h1-4H,(H,15,16,17). The van der Waals surface area contributed by atoms with E-state index in [1.54, 1.807) is 18.5 Å². The molecule has 0 aliphatic rings. The SMILES string of the molecule is Clc1c(Br)ccc(Nc2ncc(I)cn2)c1Cl. The van der Waals surface area contributed by atoms with Gasteiger partial charge in [0.15, 0.2) is 0 Å². The molecular weight excluding hydrogens is 440 g/mol. The summed E-state index contributed by atoms with van der Waals surface area (Å²) in [5.41, 5.74) is 0.668. The predicted molar refractivity (Wildman–Crippen MR) is 82.2 cm³/mol. The van der Waals surface area contributed by atoms with Crippen LogP contribution in [0.4, 0.5) is 11.6 Å². The van der Waals surface area contributed by atoms with Gasteiger partial charge in [-0.25, -0.2) is 9.97 Å². The molecule has 0 aliphatic carbocycles. The fraction of sp³-hybridized carbons (Fsp3) is 0. The lowest BCUT2D eigenvalue weighted by atomic mass is 10.3. The van der Waals surface area contributed by atoms with Crippen LogP contribution in [0.3, 0.4) is 0 Å². The van der Waals surface area contributed by atoms with E-state index < -0.39 is 0 Å². The predicted octanol–water partition coefficient (Wildman–Crippen LogP) is 4.89. The number of benzene rings is 1. The number of hydrogen-bond acceptors (Lipinski definition) is 3. The van der Waals surface area contributed by atoms with Crippen LogP contribution in [-0.4, -0.2) is 9.97 Å². The summed E-state index contributed by atoms with van der Waals surface area (Å²) in [7, 11) is 0. The summed E-state index contributed by atoms with van der Waals surface area (Å²) < 4.78 is 1.71. The number of anilines is 2. The summed E-state index contributed by atoms with van der Waals surface area (Å²) in [5, 5.41) is 3.90. The van der Waals surface area contributed by atoms with Crippen molar-refractivity contribution in [1.82, 2.24) is 9.97 Å². The largest absolute Gasteiger partial charge is 0.323 e. The molecule has 3 nitrogen and oxygen atoms in total. The normalized spacial score (nSPS) is 10.4. The lowest BCUT2D eigenvalue weighted by Gasteiger charge is -2.08. The first-order valence-electron chi connectivity index (χ1n) is 4.46. The van der Waals surface area contributed by atoms with Crippen molar-refractivity contribution < 1.29 is 0 Å². The summed E-state index contributed by atoms with van der Waals surface area (Å²) in [6, 6.07) is 3.61. The van der Waals surface area contributed by atoms with E-state index in [1.807, 2.05) is 6.07 Å². The Morgan fingerprint density at radius 1 is 1.12 bits per heavy atom. The number of nitrogens with zero attached hydrogens (tertiary/aromatic N) is 2. The molecule has 88 valence electrons. The first-order valence-corrected chi connectivity index (χ1v) is 7.09. The Bertz CT molecular complexity index is 548. The van der Waals surface area contributed by atoms with E-state index in [9.17, 15) is 0 Å². The van der Waals surface area contributed by atoms with E-state index in [0.717, 1.165) is 8.04 Å². The maximum atomic E-state index is 6.10. The highest BCUT2D eigenvalue weighted by molar-refractivity contribution is 14.1. The molecule has 0 bridgehead atoms. The van der Waals surface area contributed by atoms with Crippen LogP contribution in [0.5, 0.6) is 0 Å². The maximum Gasteiger partial charge on any atom is 0.227 e. The second-order valence-electron chi connectivity index (χ2n) is 3.07. The fourth-order valence-electron chi connectivity index (χ4n) is 1.12. The number of nitrogens with one attached hydrogen (secondary N) is 1. The van der Waals surface area contributed by atoms with Crippen molar-refractivity contribution in [3.05, 3.63) is 42.6 Å². The molecule has 1 N–H and O–H groups in total. The summed E-state index contributed by atoms with van der Waals surface area (Å²) in [6.07, 6.45) is 3.43. The molecule has 0 radical (unpaired) electrons. The van der Waals surface area contributed by atoms with Crippen molar-refractivity contribution in [2.45, 2.75) is 0 Å². The highest BCUT2D eigenvalue weighted by atomic mass is 127. The third kappa shape index (κ3) is 3.21. The highest BCUT2D eigenvalue weighted by Crippen LogP contribution is 2.36. The van der Waals surface area contributed by atoms with Crippen LogP contribution >= 0.6 is 61.7 Å². The number of rotatable bonds is 2. The molecule has 0 amide bonds. The molecule has 1 heterocycles. The lowest BCUT2D eigenvalue weighted by Crippen LogP contribution is -1.97. The summed E-state index contributed by atoms with van der Waals surface area (Å²) in [6.45, 7) is 0. The van der Waals surface area contributed by atoms with Crippen LogP contribution in [0.1, 0.15) is 0 Å². The minimum absolute atomic E-state index is 0.434. The van der Waals surface area contributed by atoms with E-state index in [1.165, 1.54) is 0 Å². The zero-order valence-electron chi connectivity index (χ0n) is 8.22. The zero-order chi connectivity index (χ0) is 12.4. The summed E-state index contributed by atoms with van der Waals surface area (Å²) >= 11 is 17.5. The molecule has 0 saturated carbocycles. The van der Waals surface area contributed by atoms with Gasteiger partial charge in [0, 0.05) is 20.4 Å². The van der Waals surface area contributed by atoms with Crippen LogP contribution in [-0.2, 0) is 0 Å². The molecule has 0 spiro atoms. The third-order valence-electron chi connectivity index (χ3n) is 1.90. The van der Waals surface area contributed by atoms with E-state index in [2.05, 4.69) is 53.8 Å². The lowest BCUT2D eigenvalue weighted by molar-refractivity contribution is 1.15. The second-order valence-corrected chi connectivity index (χ2v) is 5.93. The van der Waals surface area contributed by atoms with Crippen molar-refractivity contribution in [2.75, 3.05) is 5.32 Å². The minimum atomic E-state index is 0.434. The first kappa shape index (κ1) is 13.3. The Morgan fingerprint density at radius 2 is 1.76 bits per heavy atom. The Hall–Kier alpha value is -0.110. The van der Waals surface area contributed by atoms with Gasteiger partial charge in [-0.2, -0.15) is 0 Å². The van der Waals surface area contributed by atoms with Gasteiger partial charge in [0.2, 0.25) is 5.95 Å². The van der Waals surface area contributed by atoms with Crippen molar-refractivity contribution in [3.63, 3.8) is 0 Å². The molecule has 0 saturated heterocycles. The van der Waals surface area contributed by atoms with E-state index >= 15 is 0 Å². The summed E-state index contributed by atoms with van der Waals surface area (Å²) in [4.78, 5) is 8.25. The van der Waals surface area contributed by atoms with Crippen LogP contribution in [0.2, 0.25) is 10.0 Å². The van der Waals surface area contributed by atoms with Gasteiger partial charge in [-0.1, -0.05) is 23.2 Å². The molecule has 1 aromatic carbocycles. The molecule has 7 heteroatoms. The van der Waals surface area contributed by atoms with E-state index in [-0.39, 0.29) is 0 Å². The third-order valence-corrected chi connectivity index (χ3v) is 4.23. The van der Waals surface area contributed by atoms with Crippen LogP contribution < -0.4 is 5.32 Å². The topological polar surface area (TPSA) is 37.8 Å². The van der Waals surface area contributed by atoms with Gasteiger partial charge in [0.25, 0.3) is 0 Å². The average molecular weight is 445 g/mol. The second kappa shape index (κ2) is 5.69. The van der Waals surface area contributed by atoms with Gasteiger partial charge in [-0.15, -0.1) is 0 Å². The van der Waals surface area contributed by atoms with Crippen LogP contribution in [0.15, 0.2) is 29.0 Å². The van der Waals surface area contributed by atoms with Gasteiger partial charge in [0.05, 0.1) is 15.7 Å². The van der Waals surface area contributed by atoms with Gasteiger partial charge in [-0.05, 0) is 50.7 Å². The quantitative estimate of drug-likeness (QED) is 0.529. The van der Waals surface area contributed by atoms with E-state index in [0.29, 0.717) is 21.7 Å². The minimum Gasteiger partial charge on any atom is -0.323 e. The van der Waals surface area contributed by atoms with Gasteiger partial charge < -0.3 is 5.32 Å². The Morgan fingerprint density at radius 3 is 2.41 bits per heavy atom. The molecular formula is C10H5BrCl2IN3. The van der Waals surface area contributed by atoms with Crippen molar-refractivity contribution in [1.29, 1.82) is 0 Å². The number of hydrogen-bond donors (Lipinski definition) is 1. The maximum absolute atomic E-state index is 6.10. The molecule has 0 aliphatic heterocycles. The molecule has 2 rings (SSSR count). The van der Waals surface area contributed by atoms with Gasteiger partial charge in [0.1, 0.15) is 0 Å². The zero-order valence-corrected chi connectivity index (χ0v) is 13.5. The molecule has 0 unspecified atom stereocenters. The number of halogens is 4. The molecule has 17 heavy (non-hydrogen) atoms. The van der Waals surface area contributed by atoms with Crippen molar-refractivity contribution in [2.24, 2.45) is 0 Å². The summed E-state index contributed by atoms with van der Waals surface area (Å²) in [5.74, 6) is 0.478.